The number of amides is 2. The Balaban J connectivity index is 2.07. The topological polar surface area (TPSA) is 75.4 Å². The van der Waals surface area contributed by atoms with Crippen molar-refractivity contribution in [3.63, 3.8) is 0 Å². The molecule has 0 aliphatic carbocycles. The number of nitrogens with two attached hydrogens (primary N) is 1. The summed E-state index contributed by atoms with van der Waals surface area (Å²) >= 11 is 0. The van der Waals surface area contributed by atoms with Gasteiger partial charge >= 0.3 is 0 Å². The molecule has 1 atom stereocenters. The molecule has 0 spiro atoms. The van der Waals surface area contributed by atoms with Gasteiger partial charge in [-0.05, 0) is 24.6 Å². The Morgan fingerprint density at radius 2 is 1.86 bits per heavy atom. The molecule has 5 nitrogen and oxygen atoms in total. The number of nitrogens with one attached hydrogen (secondary N) is 1. The van der Waals surface area contributed by atoms with Gasteiger partial charge in [-0.2, -0.15) is 0 Å². The van der Waals surface area contributed by atoms with Gasteiger partial charge in [0.05, 0.1) is 17.8 Å². The van der Waals surface area contributed by atoms with Crippen molar-refractivity contribution in [2.75, 3.05) is 11.4 Å². The highest BCUT2D eigenvalue weighted by molar-refractivity contribution is 6.02. The number of para-hydroxylation sites is 1. The third-order valence-electron chi connectivity index (χ3n) is 3.76. The Hall–Kier alpha value is -2.82. The van der Waals surface area contributed by atoms with E-state index >= 15 is 0 Å². The van der Waals surface area contributed by atoms with E-state index in [2.05, 4.69) is 5.32 Å². The van der Waals surface area contributed by atoms with Crippen molar-refractivity contribution >= 4 is 17.5 Å². The molecular formula is C17H17N3O2. The molecule has 0 saturated carbocycles. The lowest BCUT2D eigenvalue weighted by Crippen LogP contribution is -2.49. The minimum atomic E-state index is -0.442. The molecule has 112 valence electrons. The van der Waals surface area contributed by atoms with Gasteiger partial charge < -0.3 is 16.0 Å². The second kappa shape index (κ2) is 5.52. The number of benzene rings is 2. The van der Waals surface area contributed by atoms with Crippen molar-refractivity contribution in [3.8, 4) is 0 Å². The van der Waals surface area contributed by atoms with E-state index in [0.29, 0.717) is 5.56 Å². The molecule has 1 unspecified atom stereocenters. The molecular weight excluding hydrogens is 278 g/mol. The smallest absolute Gasteiger partial charge is 0.255 e. The predicted octanol–water partition coefficient (Wildman–Crippen LogP) is 1.73. The summed E-state index contributed by atoms with van der Waals surface area (Å²) < 4.78 is 0. The van der Waals surface area contributed by atoms with Crippen LogP contribution in [0.4, 0.5) is 5.69 Å². The highest BCUT2D eigenvalue weighted by Crippen LogP contribution is 2.32. The quantitative estimate of drug-likeness (QED) is 0.905. The molecule has 0 saturated heterocycles. The van der Waals surface area contributed by atoms with Gasteiger partial charge in [0, 0.05) is 0 Å². The lowest BCUT2D eigenvalue weighted by molar-refractivity contribution is -0.116. The van der Waals surface area contributed by atoms with Crippen LogP contribution in [0.5, 0.6) is 0 Å². The van der Waals surface area contributed by atoms with Crippen molar-refractivity contribution in [2.45, 2.75) is 13.1 Å². The second-order valence-electron chi connectivity index (χ2n) is 5.40. The number of anilines is 1. The Kier molecular flexibility index (Phi) is 3.55. The lowest BCUT2D eigenvalue weighted by Gasteiger charge is -2.38. The molecule has 2 amide bonds. The number of hydrogen-bond acceptors (Lipinski definition) is 3. The zero-order valence-corrected chi connectivity index (χ0v) is 12.2. The molecule has 2 aromatic carbocycles. The molecule has 0 bridgehead atoms. The zero-order chi connectivity index (χ0) is 15.7. The van der Waals surface area contributed by atoms with Crippen LogP contribution in [0.2, 0.25) is 0 Å². The van der Waals surface area contributed by atoms with E-state index in [4.69, 9.17) is 5.73 Å². The molecule has 22 heavy (non-hydrogen) atoms. The fourth-order valence-electron chi connectivity index (χ4n) is 2.69. The molecule has 0 fully saturated rings. The molecule has 1 aliphatic heterocycles. The van der Waals surface area contributed by atoms with Gasteiger partial charge in [0.15, 0.2) is 0 Å². The second-order valence-corrected chi connectivity index (χ2v) is 5.40. The summed E-state index contributed by atoms with van der Waals surface area (Å²) in [6.45, 7) is 2.04. The normalized spacial score (nSPS) is 16.9. The summed E-state index contributed by atoms with van der Waals surface area (Å²) in [4.78, 5) is 25.6. The first kappa shape index (κ1) is 14.1. The van der Waals surface area contributed by atoms with Crippen LogP contribution in [-0.2, 0) is 4.79 Å². The van der Waals surface area contributed by atoms with Crippen molar-refractivity contribution in [1.29, 1.82) is 0 Å². The highest BCUT2D eigenvalue weighted by Gasteiger charge is 2.32. The third-order valence-corrected chi connectivity index (χ3v) is 3.76. The molecule has 1 heterocycles. The van der Waals surface area contributed by atoms with Gasteiger partial charge in [-0.15, -0.1) is 0 Å². The van der Waals surface area contributed by atoms with Crippen LogP contribution in [0.3, 0.4) is 0 Å². The molecule has 0 radical (unpaired) electrons. The van der Waals surface area contributed by atoms with Crippen LogP contribution < -0.4 is 16.0 Å². The zero-order valence-electron chi connectivity index (χ0n) is 12.2. The molecule has 5 heteroatoms. The largest absolute Gasteiger partial charge is 0.368 e. The predicted molar refractivity (Wildman–Crippen MR) is 84.4 cm³/mol. The molecule has 3 rings (SSSR count). The Morgan fingerprint density at radius 3 is 2.55 bits per heavy atom. The van der Waals surface area contributed by atoms with Crippen molar-refractivity contribution in [2.24, 2.45) is 5.73 Å². The van der Waals surface area contributed by atoms with E-state index in [1.807, 2.05) is 48.2 Å². The molecule has 0 aromatic heterocycles. The summed E-state index contributed by atoms with van der Waals surface area (Å²) in [6, 6.07) is 15.1. The van der Waals surface area contributed by atoms with Crippen LogP contribution >= 0.6 is 0 Å². The number of carbonyl (C=O) groups excluding carboxylic acids is 2. The maximum atomic E-state index is 12.3. The SMILES string of the molecule is Cc1ccc(C2NC(=O)c3ccccc3N2CC(N)=O)cc1. The van der Waals surface area contributed by atoms with Crippen LogP contribution in [-0.4, -0.2) is 18.4 Å². The van der Waals surface area contributed by atoms with Crippen LogP contribution in [0, 0.1) is 6.92 Å². The standard InChI is InChI=1S/C17H17N3O2/c1-11-6-8-12(9-7-11)16-19-17(22)13-4-2-3-5-14(13)20(16)10-15(18)21/h2-9,16H,10H2,1H3,(H2,18,21)(H,19,22). The third kappa shape index (κ3) is 2.53. The number of primary amides is 1. The van der Waals surface area contributed by atoms with E-state index in [9.17, 15) is 9.59 Å². The minimum Gasteiger partial charge on any atom is -0.368 e. The van der Waals surface area contributed by atoms with Gasteiger partial charge in [0.25, 0.3) is 5.91 Å². The fourth-order valence-corrected chi connectivity index (χ4v) is 2.69. The summed E-state index contributed by atoms with van der Waals surface area (Å²) in [5.41, 5.74) is 8.70. The Labute approximate surface area is 128 Å². The summed E-state index contributed by atoms with van der Waals surface area (Å²) in [6.07, 6.45) is -0.407. The number of aryl methyl sites for hydroxylation is 1. The van der Waals surface area contributed by atoms with E-state index in [1.165, 1.54) is 0 Å². The average molecular weight is 295 g/mol. The van der Waals surface area contributed by atoms with Crippen LogP contribution in [0.15, 0.2) is 48.5 Å². The molecule has 1 aliphatic rings. The van der Waals surface area contributed by atoms with E-state index in [0.717, 1.165) is 16.8 Å². The summed E-state index contributed by atoms with van der Waals surface area (Å²) in [7, 11) is 0. The number of nitrogens with zero attached hydrogens (tertiary/aromatic N) is 1. The Bertz CT molecular complexity index is 725. The average Bonchev–Trinajstić information content (AvgIpc) is 2.51. The van der Waals surface area contributed by atoms with Gasteiger partial charge in [0.1, 0.15) is 6.17 Å². The Morgan fingerprint density at radius 1 is 1.18 bits per heavy atom. The number of fused-ring (bicyclic) bond motifs is 1. The monoisotopic (exact) mass is 295 g/mol. The lowest BCUT2D eigenvalue weighted by atomic mass is 10.0. The summed E-state index contributed by atoms with van der Waals surface area (Å²) in [5, 5.41) is 2.94. The maximum Gasteiger partial charge on any atom is 0.255 e. The first-order valence-corrected chi connectivity index (χ1v) is 7.07. The fraction of sp³-hybridized carbons (Fsp3) is 0.176. The van der Waals surface area contributed by atoms with E-state index in [1.54, 1.807) is 12.1 Å². The molecule has 2 aromatic rings. The van der Waals surface area contributed by atoms with Gasteiger partial charge in [-0.25, -0.2) is 0 Å². The number of rotatable bonds is 3. The van der Waals surface area contributed by atoms with E-state index < -0.39 is 12.1 Å². The van der Waals surface area contributed by atoms with E-state index in [-0.39, 0.29) is 12.5 Å². The minimum absolute atomic E-state index is 0.0375. The van der Waals surface area contributed by atoms with Crippen LogP contribution in [0.25, 0.3) is 0 Å². The summed E-state index contributed by atoms with van der Waals surface area (Å²) in [5.74, 6) is -0.593. The van der Waals surface area contributed by atoms with Gasteiger partial charge in [0.2, 0.25) is 5.91 Å². The first-order chi connectivity index (χ1) is 10.6. The maximum absolute atomic E-state index is 12.3. The highest BCUT2D eigenvalue weighted by atomic mass is 16.2. The number of carbonyl (C=O) groups is 2. The first-order valence-electron chi connectivity index (χ1n) is 7.07. The van der Waals surface area contributed by atoms with Gasteiger partial charge in [-0.3, -0.25) is 9.59 Å². The van der Waals surface area contributed by atoms with Crippen molar-refractivity contribution in [3.05, 3.63) is 65.2 Å². The van der Waals surface area contributed by atoms with Crippen molar-refractivity contribution < 1.29 is 9.59 Å². The molecule has 3 N–H and O–H groups in total. The van der Waals surface area contributed by atoms with Crippen molar-refractivity contribution in [1.82, 2.24) is 5.32 Å². The van der Waals surface area contributed by atoms with Gasteiger partial charge in [-0.1, -0.05) is 42.0 Å². The van der Waals surface area contributed by atoms with Crippen LogP contribution in [0.1, 0.15) is 27.7 Å². The number of hydrogen-bond donors (Lipinski definition) is 2.